The summed E-state index contributed by atoms with van der Waals surface area (Å²) in [7, 11) is -3.37. The predicted molar refractivity (Wildman–Crippen MR) is 102 cm³/mol. The first kappa shape index (κ1) is 19.8. The number of anilines is 1. The fourth-order valence-electron chi connectivity index (χ4n) is 3.32. The number of likely N-dealkylation sites (tertiary alicyclic amines) is 1. The van der Waals surface area contributed by atoms with Crippen molar-refractivity contribution in [2.24, 2.45) is 5.92 Å². The fraction of sp³-hybridized carbons (Fsp3) is 0.632. The van der Waals surface area contributed by atoms with Crippen LogP contribution in [0.15, 0.2) is 18.2 Å². The summed E-state index contributed by atoms with van der Waals surface area (Å²) in [6.45, 7) is 8.13. The minimum atomic E-state index is -3.37. The third-order valence-electron chi connectivity index (χ3n) is 4.94. The molecule has 5 nitrogen and oxygen atoms in total. The van der Waals surface area contributed by atoms with Crippen molar-refractivity contribution in [2.75, 3.05) is 30.2 Å². The molecule has 1 saturated heterocycles. The second kappa shape index (κ2) is 8.21. The number of amides is 1. The van der Waals surface area contributed by atoms with Gasteiger partial charge in [0.05, 0.1) is 11.9 Å². The number of piperidine rings is 1. The van der Waals surface area contributed by atoms with E-state index in [2.05, 4.69) is 6.92 Å². The molecule has 0 bridgehead atoms. The van der Waals surface area contributed by atoms with Gasteiger partial charge in [-0.2, -0.15) is 0 Å². The third-order valence-corrected chi connectivity index (χ3v) is 6.13. The molecule has 0 aliphatic carbocycles. The molecule has 1 aliphatic heterocycles. The molecule has 1 unspecified atom stereocenters. The maximum atomic E-state index is 12.4. The highest BCUT2D eigenvalue weighted by molar-refractivity contribution is 7.92. The Balaban J connectivity index is 1.99. The van der Waals surface area contributed by atoms with E-state index >= 15 is 0 Å². The molecule has 0 radical (unpaired) electrons. The molecule has 0 N–H and O–H groups in total. The Morgan fingerprint density at radius 2 is 2.00 bits per heavy atom. The molecule has 0 saturated carbocycles. The molecular weight excluding hydrogens is 336 g/mol. The number of aryl methyl sites for hydroxylation is 2. The predicted octanol–water partition coefficient (Wildman–Crippen LogP) is 3.11. The van der Waals surface area contributed by atoms with Gasteiger partial charge < -0.3 is 4.90 Å². The van der Waals surface area contributed by atoms with Gasteiger partial charge in [0, 0.05) is 26.1 Å². The Kier molecular flexibility index (Phi) is 6.49. The van der Waals surface area contributed by atoms with Gasteiger partial charge in [-0.15, -0.1) is 0 Å². The quantitative estimate of drug-likeness (QED) is 0.777. The molecule has 1 aromatic rings. The van der Waals surface area contributed by atoms with E-state index in [1.807, 2.05) is 36.9 Å². The first-order valence-corrected chi connectivity index (χ1v) is 10.9. The minimum absolute atomic E-state index is 0.139. The maximum absolute atomic E-state index is 12.4. The Labute approximate surface area is 152 Å². The summed E-state index contributed by atoms with van der Waals surface area (Å²) < 4.78 is 25.8. The van der Waals surface area contributed by atoms with E-state index < -0.39 is 10.0 Å². The van der Waals surface area contributed by atoms with Crippen molar-refractivity contribution in [1.82, 2.24) is 4.90 Å². The van der Waals surface area contributed by atoms with Gasteiger partial charge in [-0.05, 0) is 62.3 Å². The SMILES string of the molecule is Cc1ccc(N(CCCC(=O)N2CCCC(C)C2)S(C)(=O)=O)cc1C. The molecule has 2 rings (SSSR count). The molecule has 25 heavy (non-hydrogen) atoms. The average Bonchev–Trinajstić information content (AvgIpc) is 2.53. The van der Waals surface area contributed by atoms with Crippen molar-refractivity contribution >= 4 is 21.6 Å². The van der Waals surface area contributed by atoms with Crippen molar-refractivity contribution in [3.8, 4) is 0 Å². The van der Waals surface area contributed by atoms with E-state index in [4.69, 9.17) is 0 Å². The Morgan fingerprint density at radius 3 is 2.60 bits per heavy atom. The largest absolute Gasteiger partial charge is 0.342 e. The third kappa shape index (κ3) is 5.46. The lowest BCUT2D eigenvalue weighted by atomic mass is 10.00. The number of nitrogens with zero attached hydrogens (tertiary/aromatic N) is 2. The van der Waals surface area contributed by atoms with Gasteiger partial charge in [0.1, 0.15) is 0 Å². The summed E-state index contributed by atoms with van der Waals surface area (Å²) >= 11 is 0. The summed E-state index contributed by atoms with van der Waals surface area (Å²) in [5.41, 5.74) is 2.86. The molecule has 1 fully saturated rings. The van der Waals surface area contributed by atoms with Crippen LogP contribution in [0.25, 0.3) is 0 Å². The van der Waals surface area contributed by atoms with Crippen molar-refractivity contribution in [2.45, 2.75) is 46.5 Å². The van der Waals surface area contributed by atoms with Crippen LogP contribution in [0, 0.1) is 19.8 Å². The van der Waals surface area contributed by atoms with E-state index in [9.17, 15) is 13.2 Å². The van der Waals surface area contributed by atoms with Crippen LogP contribution in [0.1, 0.15) is 43.7 Å². The summed E-state index contributed by atoms with van der Waals surface area (Å²) in [5.74, 6) is 0.695. The van der Waals surface area contributed by atoms with Crippen LogP contribution < -0.4 is 4.31 Å². The highest BCUT2D eigenvalue weighted by atomic mass is 32.2. The lowest BCUT2D eigenvalue weighted by molar-refractivity contribution is -0.132. The molecule has 1 amide bonds. The monoisotopic (exact) mass is 366 g/mol. The molecule has 140 valence electrons. The molecule has 1 aliphatic rings. The zero-order chi connectivity index (χ0) is 18.6. The number of sulfonamides is 1. The van der Waals surface area contributed by atoms with Crippen LogP contribution in [0.4, 0.5) is 5.69 Å². The first-order chi connectivity index (χ1) is 11.7. The van der Waals surface area contributed by atoms with Gasteiger partial charge in [-0.3, -0.25) is 9.10 Å². The number of hydrogen-bond acceptors (Lipinski definition) is 3. The maximum Gasteiger partial charge on any atom is 0.232 e. The first-order valence-electron chi connectivity index (χ1n) is 9.01. The standard InChI is InChI=1S/C19H30N2O3S/c1-15-7-5-11-20(14-15)19(22)8-6-12-21(25(4,23)24)18-10-9-16(2)17(3)13-18/h9-10,13,15H,5-8,11-12,14H2,1-4H3. The van der Waals surface area contributed by atoms with E-state index in [1.54, 1.807) is 0 Å². The van der Waals surface area contributed by atoms with Crippen molar-refractivity contribution in [3.63, 3.8) is 0 Å². The highest BCUT2D eigenvalue weighted by Gasteiger charge is 2.22. The highest BCUT2D eigenvalue weighted by Crippen LogP contribution is 2.22. The minimum Gasteiger partial charge on any atom is -0.342 e. The molecular formula is C19H30N2O3S. The number of benzene rings is 1. The fourth-order valence-corrected chi connectivity index (χ4v) is 4.27. The lowest BCUT2D eigenvalue weighted by Crippen LogP contribution is -2.39. The van der Waals surface area contributed by atoms with Crippen LogP contribution in [0.2, 0.25) is 0 Å². The summed E-state index contributed by atoms with van der Waals surface area (Å²) in [5, 5.41) is 0. The van der Waals surface area contributed by atoms with Crippen LogP contribution >= 0.6 is 0 Å². The van der Waals surface area contributed by atoms with Gasteiger partial charge >= 0.3 is 0 Å². The average molecular weight is 367 g/mol. The van der Waals surface area contributed by atoms with E-state index in [-0.39, 0.29) is 5.91 Å². The van der Waals surface area contributed by atoms with Gasteiger partial charge in [0.2, 0.25) is 15.9 Å². The van der Waals surface area contributed by atoms with Crippen LogP contribution in [0.5, 0.6) is 0 Å². The van der Waals surface area contributed by atoms with Crippen molar-refractivity contribution in [1.29, 1.82) is 0 Å². The smallest absolute Gasteiger partial charge is 0.232 e. The summed E-state index contributed by atoms with van der Waals surface area (Å²) in [6, 6.07) is 5.66. The second-order valence-electron chi connectivity index (χ2n) is 7.29. The molecule has 1 heterocycles. The van der Waals surface area contributed by atoms with Crippen LogP contribution in [-0.2, 0) is 14.8 Å². The number of rotatable bonds is 6. The molecule has 1 aromatic carbocycles. The Bertz CT molecular complexity index is 715. The number of carbonyl (C=O) groups is 1. The van der Waals surface area contributed by atoms with Gasteiger partial charge in [0.25, 0.3) is 0 Å². The lowest BCUT2D eigenvalue weighted by Gasteiger charge is -2.31. The zero-order valence-corrected chi connectivity index (χ0v) is 16.6. The molecule has 0 spiro atoms. The Morgan fingerprint density at radius 1 is 1.28 bits per heavy atom. The molecule has 6 heteroatoms. The van der Waals surface area contributed by atoms with Gasteiger partial charge in [-0.1, -0.05) is 13.0 Å². The second-order valence-corrected chi connectivity index (χ2v) is 9.20. The van der Waals surface area contributed by atoms with Crippen LogP contribution in [-0.4, -0.2) is 45.1 Å². The van der Waals surface area contributed by atoms with E-state index in [0.717, 1.165) is 30.6 Å². The molecule has 0 aromatic heterocycles. The van der Waals surface area contributed by atoms with E-state index in [0.29, 0.717) is 31.0 Å². The van der Waals surface area contributed by atoms with Crippen molar-refractivity contribution in [3.05, 3.63) is 29.3 Å². The van der Waals surface area contributed by atoms with Crippen LogP contribution in [0.3, 0.4) is 0 Å². The van der Waals surface area contributed by atoms with Gasteiger partial charge in [-0.25, -0.2) is 8.42 Å². The number of carbonyl (C=O) groups excluding carboxylic acids is 1. The van der Waals surface area contributed by atoms with Gasteiger partial charge in [0.15, 0.2) is 0 Å². The summed E-state index contributed by atoms with van der Waals surface area (Å²) in [6.07, 6.45) is 4.38. The number of hydrogen-bond donors (Lipinski definition) is 0. The molecule has 1 atom stereocenters. The zero-order valence-electron chi connectivity index (χ0n) is 15.8. The van der Waals surface area contributed by atoms with Crippen molar-refractivity contribution < 1.29 is 13.2 Å². The Hall–Kier alpha value is -1.56. The summed E-state index contributed by atoms with van der Waals surface area (Å²) in [4.78, 5) is 14.3. The normalized spacial score (nSPS) is 18.2. The topological polar surface area (TPSA) is 57.7 Å². The van der Waals surface area contributed by atoms with E-state index in [1.165, 1.54) is 17.0 Å².